The fourth-order valence-corrected chi connectivity index (χ4v) is 3.15. The lowest BCUT2D eigenvalue weighted by atomic mass is 9.89. The number of allylic oxidation sites excluding steroid dienone is 7. The minimum atomic E-state index is -0.0439. The number of hydrogen-bond acceptors (Lipinski definition) is 1. The Morgan fingerprint density at radius 2 is 1.62 bits per heavy atom. The lowest BCUT2D eigenvalue weighted by Gasteiger charge is -2.19. The molecule has 2 aromatic rings. The van der Waals surface area contributed by atoms with Gasteiger partial charge in [-0.05, 0) is 44.4 Å². The Balaban J connectivity index is 0.00000227. The summed E-state index contributed by atoms with van der Waals surface area (Å²) in [6, 6.07) is 10.0. The number of pyridine rings is 1. The highest BCUT2D eigenvalue weighted by molar-refractivity contribution is 5.90. The van der Waals surface area contributed by atoms with Crippen molar-refractivity contribution in [3.63, 3.8) is 0 Å². The predicted molar refractivity (Wildman–Crippen MR) is 145 cm³/mol. The molecule has 0 saturated heterocycles. The Kier molecular flexibility index (Phi) is 12.8. The summed E-state index contributed by atoms with van der Waals surface area (Å²) in [7, 11) is 1.82. The van der Waals surface area contributed by atoms with Crippen molar-refractivity contribution < 1.29 is 0 Å². The average Bonchev–Trinajstić information content (AvgIpc) is 2.82. The number of terminal acetylenes is 1. The van der Waals surface area contributed by atoms with Crippen molar-refractivity contribution in [1.29, 1.82) is 0 Å². The van der Waals surface area contributed by atoms with E-state index in [2.05, 4.69) is 45.9 Å². The van der Waals surface area contributed by atoms with Gasteiger partial charge in [0.15, 0.2) is 0 Å². The van der Waals surface area contributed by atoms with Gasteiger partial charge in [0.05, 0.1) is 5.56 Å². The average molecular weight is 428 g/mol. The highest BCUT2D eigenvalue weighted by atomic mass is 16.1. The predicted octanol–water partition coefficient (Wildman–Crippen LogP) is 7.76. The Bertz CT molecular complexity index is 1080. The molecule has 0 unspecified atom stereocenters. The molecule has 2 heteroatoms. The zero-order chi connectivity index (χ0) is 24.8. The van der Waals surface area contributed by atoms with E-state index in [0.29, 0.717) is 11.1 Å². The van der Waals surface area contributed by atoms with Gasteiger partial charge in [0.25, 0.3) is 5.56 Å². The lowest BCUT2D eigenvalue weighted by Crippen LogP contribution is -2.25. The van der Waals surface area contributed by atoms with Crippen LogP contribution in [0.3, 0.4) is 0 Å². The zero-order valence-electron chi connectivity index (χ0n) is 20.7. The second-order valence-electron chi connectivity index (χ2n) is 7.05. The molecule has 0 saturated carbocycles. The number of hydrogen-bond donors (Lipinski definition) is 0. The molecule has 0 aliphatic heterocycles. The first-order valence-corrected chi connectivity index (χ1v) is 10.7. The van der Waals surface area contributed by atoms with Crippen molar-refractivity contribution in [2.45, 2.75) is 41.5 Å². The van der Waals surface area contributed by atoms with Crippen LogP contribution in [-0.2, 0) is 7.05 Å². The first-order chi connectivity index (χ1) is 15.3. The highest BCUT2D eigenvalue weighted by Crippen LogP contribution is 2.33. The summed E-state index contributed by atoms with van der Waals surface area (Å²) in [5.74, 6) is 0. The van der Waals surface area contributed by atoms with E-state index < -0.39 is 0 Å². The number of benzene rings is 1. The monoisotopic (exact) mass is 427 g/mol. The van der Waals surface area contributed by atoms with Crippen LogP contribution < -0.4 is 5.56 Å². The molecule has 1 aromatic carbocycles. The molecule has 1 heterocycles. The fourth-order valence-electron chi connectivity index (χ4n) is 3.15. The summed E-state index contributed by atoms with van der Waals surface area (Å²) in [5, 5.41) is 0. The van der Waals surface area contributed by atoms with Gasteiger partial charge >= 0.3 is 0 Å². The molecule has 0 radical (unpaired) electrons. The summed E-state index contributed by atoms with van der Waals surface area (Å²) in [6.45, 7) is 20.1. The molecule has 0 spiro atoms. The van der Waals surface area contributed by atoms with Crippen molar-refractivity contribution in [3.8, 4) is 24.0 Å². The van der Waals surface area contributed by atoms with E-state index in [1.165, 1.54) is 5.57 Å². The van der Waals surface area contributed by atoms with Crippen LogP contribution in [0.2, 0.25) is 0 Å². The van der Waals surface area contributed by atoms with Crippen LogP contribution in [0, 0.1) is 19.8 Å². The summed E-state index contributed by atoms with van der Waals surface area (Å²) in [6.07, 6.45) is 17.7. The molecule has 1 aromatic heterocycles. The molecule has 2 rings (SSSR count). The molecule has 0 atom stereocenters. The fraction of sp³-hybridized carbons (Fsp3) is 0.233. The van der Waals surface area contributed by atoms with Crippen molar-refractivity contribution >= 4 is 11.6 Å². The van der Waals surface area contributed by atoms with Crippen molar-refractivity contribution in [1.82, 2.24) is 4.57 Å². The van der Waals surface area contributed by atoms with Gasteiger partial charge in [-0.25, -0.2) is 0 Å². The van der Waals surface area contributed by atoms with Crippen LogP contribution in [0.5, 0.6) is 0 Å². The molecule has 0 amide bonds. The molecule has 0 aliphatic carbocycles. The molecule has 0 fully saturated rings. The third-order valence-electron chi connectivity index (χ3n) is 4.79. The molecule has 32 heavy (non-hydrogen) atoms. The Hall–Kier alpha value is -3.57. The quantitative estimate of drug-likeness (QED) is 0.341. The molecule has 0 bridgehead atoms. The molecule has 0 aliphatic rings. The topological polar surface area (TPSA) is 22.0 Å². The van der Waals surface area contributed by atoms with Gasteiger partial charge in [0.1, 0.15) is 0 Å². The number of aromatic nitrogens is 1. The van der Waals surface area contributed by atoms with Crippen LogP contribution in [0.4, 0.5) is 0 Å². The van der Waals surface area contributed by atoms with E-state index in [4.69, 9.17) is 0 Å². The van der Waals surface area contributed by atoms with Crippen LogP contribution in [0.15, 0.2) is 83.7 Å². The van der Waals surface area contributed by atoms with E-state index in [1.54, 1.807) is 10.6 Å². The molecular formula is C30H37NO. The standard InChI is InChI=1S/C26H29NO.C2H6.C2H2/c1-8-21(9-2)16-15-19(5)24-25(22-13-11-10-12-14-22)23(17-18(3)4)20(6)27(7)26(24)28;2*1-2/h8-17H,1,5H2,2-4,6-7H3;1-2H3;1-2H/b16-15+,21-9+;;. The number of nitrogens with zero attached hydrogens (tertiary/aromatic N) is 1. The van der Waals surface area contributed by atoms with Gasteiger partial charge in [0.2, 0.25) is 0 Å². The van der Waals surface area contributed by atoms with Gasteiger partial charge in [-0.2, -0.15) is 0 Å². The van der Waals surface area contributed by atoms with Crippen LogP contribution >= 0.6 is 0 Å². The van der Waals surface area contributed by atoms with Crippen molar-refractivity contribution in [2.24, 2.45) is 7.05 Å². The smallest absolute Gasteiger partial charge is 0.259 e. The normalized spacial score (nSPS) is 10.3. The lowest BCUT2D eigenvalue weighted by molar-refractivity contribution is 0.813. The Labute approximate surface area is 195 Å². The van der Waals surface area contributed by atoms with Crippen LogP contribution in [0.1, 0.15) is 51.4 Å². The second kappa shape index (κ2) is 14.4. The maximum absolute atomic E-state index is 13.3. The third kappa shape index (κ3) is 7.00. The second-order valence-corrected chi connectivity index (χ2v) is 7.05. The van der Waals surface area contributed by atoms with Gasteiger partial charge < -0.3 is 4.57 Å². The summed E-state index contributed by atoms with van der Waals surface area (Å²) < 4.78 is 1.71. The van der Waals surface area contributed by atoms with E-state index in [-0.39, 0.29) is 5.56 Å². The maximum Gasteiger partial charge on any atom is 0.259 e. The molecule has 2 nitrogen and oxygen atoms in total. The first-order valence-electron chi connectivity index (χ1n) is 10.7. The van der Waals surface area contributed by atoms with Crippen LogP contribution in [-0.4, -0.2) is 4.57 Å². The van der Waals surface area contributed by atoms with E-state index in [0.717, 1.165) is 28.0 Å². The van der Waals surface area contributed by atoms with Crippen LogP contribution in [0.25, 0.3) is 22.8 Å². The SMILES string of the molecule is C#C.C=CC(/C=C/C(=C)c1c(-c2ccccc2)c(C=C(C)C)c(C)n(C)c1=O)=C\C.CC. The van der Waals surface area contributed by atoms with Gasteiger partial charge in [0, 0.05) is 23.9 Å². The summed E-state index contributed by atoms with van der Waals surface area (Å²) in [5.41, 5.74) is 7.35. The van der Waals surface area contributed by atoms with E-state index in [1.807, 2.05) is 83.3 Å². The van der Waals surface area contributed by atoms with E-state index in [9.17, 15) is 4.79 Å². The van der Waals surface area contributed by atoms with Gasteiger partial charge in [-0.3, -0.25) is 4.79 Å². The van der Waals surface area contributed by atoms with Gasteiger partial charge in [-0.15, -0.1) is 12.8 Å². The van der Waals surface area contributed by atoms with Crippen molar-refractivity contribution in [3.05, 3.63) is 106 Å². The molecule has 0 N–H and O–H groups in total. The summed E-state index contributed by atoms with van der Waals surface area (Å²) in [4.78, 5) is 13.3. The molecule has 168 valence electrons. The first kappa shape index (κ1) is 28.4. The molecular weight excluding hydrogens is 390 g/mol. The zero-order valence-corrected chi connectivity index (χ0v) is 20.7. The largest absolute Gasteiger partial charge is 0.315 e. The Morgan fingerprint density at radius 1 is 1.06 bits per heavy atom. The minimum Gasteiger partial charge on any atom is -0.315 e. The minimum absolute atomic E-state index is 0.0439. The maximum atomic E-state index is 13.3. The van der Waals surface area contributed by atoms with E-state index >= 15 is 0 Å². The van der Waals surface area contributed by atoms with Gasteiger partial charge in [-0.1, -0.05) is 93.3 Å². The number of rotatable bonds is 6. The summed E-state index contributed by atoms with van der Waals surface area (Å²) >= 11 is 0. The Morgan fingerprint density at radius 3 is 2.09 bits per heavy atom. The highest BCUT2D eigenvalue weighted by Gasteiger charge is 2.19. The van der Waals surface area contributed by atoms with Crippen molar-refractivity contribution in [2.75, 3.05) is 0 Å². The third-order valence-corrected chi connectivity index (χ3v) is 4.79.